The van der Waals surface area contributed by atoms with Crippen LogP contribution < -0.4 is 4.90 Å². The van der Waals surface area contributed by atoms with Gasteiger partial charge in [-0.3, -0.25) is 5.01 Å². The predicted molar refractivity (Wildman–Crippen MR) is 106 cm³/mol. The van der Waals surface area contributed by atoms with E-state index in [1.165, 1.54) is 16.7 Å². The van der Waals surface area contributed by atoms with Crippen LogP contribution in [0.4, 0.5) is 0 Å². The van der Waals surface area contributed by atoms with Gasteiger partial charge in [0.25, 0.3) is 0 Å². The number of nitrogens with zero attached hydrogens (tertiary/aromatic N) is 2. The van der Waals surface area contributed by atoms with Gasteiger partial charge in [-0.15, -0.1) is 0 Å². The van der Waals surface area contributed by atoms with Crippen LogP contribution in [0.3, 0.4) is 0 Å². The smallest absolute Gasteiger partial charge is 0.103 e. The fourth-order valence-electron chi connectivity index (χ4n) is 3.02. The van der Waals surface area contributed by atoms with E-state index in [9.17, 15) is 0 Å². The van der Waals surface area contributed by atoms with Gasteiger partial charge in [0.05, 0.1) is 26.2 Å². The molecule has 1 aliphatic heterocycles. The first-order chi connectivity index (χ1) is 12.2. The molecule has 0 atom stereocenters. The number of rotatable bonds is 5. The van der Waals surface area contributed by atoms with E-state index in [4.69, 9.17) is 11.6 Å². The van der Waals surface area contributed by atoms with Crippen molar-refractivity contribution in [2.45, 2.75) is 13.5 Å². The Bertz CT molecular complexity index is 715. The first kappa shape index (κ1) is 17.7. The summed E-state index contributed by atoms with van der Waals surface area (Å²) < 4.78 is 0. The van der Waals surface area contributed by atoms with E-state index in [2.05, 4.69) is 59.5 Å². The second-order valence-corrected chi connectivity index (χ2v) is 6.99. The van der Waals surface area contributed by atoms with Crippen molar-refractivity contribution in [2.75, 3.05) is 26.2 Å². The summed E-state index contributed by atoms with van der Waals surface area (Å²) in [6, 6.07) is 18.5. The number of allylic oxidation sites excluding steroid dienone is 1. The summed E-state index contributed by atoms with van der Waals surface area (Å²) in [4.78, 5) is 1.60. The van der Waals surface area contributed by atoms with Crippen molar-refractivity contribution < 1.29 is 4.90 Å². The standard InChI is InChI=1S/C21H24ClN3/c1-18(15-19-5-3-2-4-6-19)16-23-25-13-11-24(12-14-25)17-20-7-9-21(22)10-8-20/h2-10,15-16H,11-14,17H2,1H3/p+1/b18-15-,23-16-. The van der Waals surface area contributed by atoms with Gasteiger partial charge in [-0.25, -0.2) is 0 Å². The van der Waals surface area contributed by atoms with Crippen molar-refractivity contribution in [1.29, 1.82) is 0 Å². The van der Waals surface area contributed by atoms with Crippen molar-refractivity contribution in [2.24, 2.45) is 5.10 Å². The molecule has 0 saturated carbocycles. The zero-order chi connectivity index (χ0) is 17.5. The Kier molecular flexibility index (Phi) is 6.26. The molecular weight excluding hydrogens is 330 g/mol. The van der Waals surface area contributed by atoms with Gasteiger partial charge in [0, 0.05) is 16.8 Å². The average Bonchev–Trinajstić information content (AvgIpc) is 2.64. The SMILES string of the molecule is CC(/C=N\N1CC[NH+](Cc2ccc(Cl)cc2)CC1)=C/c1ccccc1. The Balaban J connectivity index is 1.47. The Morgan fingerprint density at radius 3 is 2.44 bits per heavy atom. The molecule has 0 unspecified atom stereocenters. The lowest BCUT2D eigenvalue weighted by Crippen LogP contribution is -3.13. The molecule has 1 heterocycles. The summed E-state index contributed by atoms with van der Waals surface area (Å²) in [5.41, 5.74) is 3.73. The summed E-state index contributed by atoms with van der Waals surface area (Å²) in [5, 5.41) is 7.62. The van der Waals surface area contributed by atoms with E-state index in [0.717, 1.165) is 37.7 Å². The van der Waals surface area contributed by atoms with Crippen LogP contribution in [-0.4, -0.2) is 37.4 Å². The van der Waals surface area contributed by atoms with Crippen molar-refractivity contribution in [1.82, 2.24) is 5.01 Å². The van der Waals surface area contributed by atoms with Crippen LogP contribution in [0.1, 0.15) is 18.1 Å². The first-order valence-corrected chi connectivity index (χ1v) is 9.17. The maximum atomic E-state index is 5.95. The molecule has 0 aliphatic carbocycles. The summed E-state index contributed by atoms with van der Waals surface area (Å²) in [5.74, 6) is 0. The molecule has 130 valence electrons. The zero-order valence-electron chi connectivity index (χ0n) is 14.7. The maximum absolute atomic E-state index is 5.95. The number of nitrogens with one attached hydrogen (secondary N) is 1. The third kappa shape index (κ3) is 5.73. The van der Waals surface area contributed by atoms with Crippen molar-refractivity contribution >= 4 is 23.9 Å². The van der Waals surface area contributed by atoms with E-state index in [-0.39, 0.29) is 0 Å². The molecule has 0 aromatic heterocycles. The highest BCUT2D eigenvalue weighted by molar-refractivity contribution is 6.30. The Hall–Kier alpha value is -2.10. The van der Waals surface area contributed by atoms with Gasteiger partial charge in [0.1, 0.15) is 6.54 Å². The highest BCUT2D eigenvalue weighted by Gasteiger charge is 2.18. The molecule has 0 radical (unpaired) electrons. The maximum Gasteiger partial charge on any atom is 0.103 e. The van der Waals surface area contributed by atoms with E-state index in [0.29, 0.717) is 0 Å². The number of benzene rings is 2. The molecule has 1 aliphatic rings. The second kappa shape index (κ2) is 8.84. The van der Waals surface area contributed by atoms with Gasteiger partial charge < -0.3 is 4.90 Å². The highest BCUT2D eigenvalue weighted by atomic mass is 35.5. The monoisotopic (exact) mass is 354 g/mol. The molecule has 2 aromatic rings. The van der Waals surface area contributed by atoms with Crippen LogP contribution >= 0.6 is 11.6 Å². The van der Waals surface area contributed by atoms with Crippen LogP contribution in [0.15, 0.2) is 65.3 Å². The summed E-state index contributed by atoms with van der Waals surface area (Å²) in [7, 11) is 0. The van der Waals surface area contributed by atoms with Crippen molar-refractivity contribution in [3.8, 4) is 0 Å². The molecule has 2 aromatic carbocycles. The van der Waals surface area contributed by atoms with Crippen LogP contribution in [0, 0.1) is 0 Å². The van der Waals surface area contributed by atoms with Gasteiger partial charge >= 0.3 is 0 Å². The first-order valence-electron chi connectivity index (χ1n) is 8.79. The number of hydrazone groups is 1. The van der Waals surface area contributed by atoms with Gasteiger partial charge in [-0.1, -0.05) is 60.1 Å². The van der Waals surface area contributed by atoms with E-state index in [1.807, 2.05) is 24.4 Å². The quantitative estimate of drug-likeness (QED) is 0.818. The number of piperazine rings is 1. The molecule has 0 spiro atoms. The van der Waals surface area contributed by atoms with E-state index >= 15 is 0 Å². The zero-order valence-corrected chi connectivity index (χ0v) is 15.4. The van der Waals surface area contributed by atoms with Crippen molar-refractivity contribution in [3.63, 3.8) is 0 Å². The van der Waals surface area contributed by atoms with Crippen LogP contribution in [0.2, 0.25) is 5.02 Å². The molecule has 3 nitrogen and oxygen atoms in total. The van der Waals surface area contributed by atoms with Crippen LogP contribution in [-0.2, 0) is 6.54 Å². The van der Waals surface area contributed by atoms with Gasteiger partial charge in [0.15, 0.2) is 0 Å². The van der Waals surface area contributed by atoms with Crippen LogP contribution in [0.5, 0.6) is 0 Å². The normalized spacial score (nSPS) is 16.6. The summed E-state index contributed by atoms with van der Waals surface area (Å²) in [6.45, 7) is 7.37. The fraction of sp³-hybridized carbons (Fsp3) is 0.286. The van der Waals surface area contributed by atoms with Gasteiger partial charge in [-0.2, -0.15) is 5.10 Å². The molecule has 0 amide bonds. The molecule has 4 heteroatoms. The fourth-order valence-corrected chi connectivity index (χ4v) is 3.14. The third-order valence-electron chi connectivity index (χ3n) is 4.43. The third-order valence-corrected chi connectivity index (χ3v) is 4.68. The molecule has 1 N–H and O–H groups in total. The number of hydrogen-bond donors (Lipinski definition) is 1. The Morgan fingerprint density at radius 2 is 1.76 bits per heavy atom. The van der Waals surface area contributed by atoms with Gasteiger partial charge in [-0.05, 0) is 30.2 Å². The summed E-state index contributed by atoms with van der Waals surface area (Å²) >= 11 is 5.95. The average molecular weight is 355 g/mol. The minimum absolute atomic E-state index is 0.803. The minimum atomic E-state index is 0.803. The molecule has 1 fully saturated rings. The largest absolute Gasteiger partial charge is 0.328 e. The van der Waals surface area contributed by atoms with E-state index in [1.54, 1.807) is 4.90 Å². The number of hydrogen-bond acceptors (Lipinski definition) is 2. The Morgan fingerprint density at radius 1 is 1.08 bits per heavy atom. The second-order valence-electron chi connectivity index (χ2n) is 6.55. The molecule has 1 saturated heterocycles. The lowest BCUT2D eigenvalue weighted by Gasteiger charge is -2.30. The number of halogens is 1. The molecule has 0 bridgehead atoms. The molecule has 3 rings (SSSR count). The number of quaternary nitrogens is 1. The lowest BCUT2D eigenvalue weighted by atomic mass is 10.1. The lowest BCUT2D eigenvalue weighted by molar-refractivity contribution is -0.918. The minimum Gasteiger partial charge on any atom is -0.328 e. The van der Waals surface area contributed by atoms with Crippen molar-refractivity contribution in [3.05, 3.63) is 76.3 Å². The van der Waals surface area contributed by atoms with Crippen LogP contribution in [0.25, 0.3) is 6.08 Å². The highest BCUT2D eigenvalue weighted by Crippen LogP contribution is 2.09. The molecular formula is C21H25ClN3+. The van der Waals surface area contributed by atoms with E-state index < -0.39 is 0 Å². The topological polar surface area (TPSA) is 20.0 Å². The summed E-state index contributed by atoms with van der Waals surface area (Å²) in [6.07, 6.45) is 4.13. The predicted octanol–water partition coefficient (Wildman–Crippen LogP) is 3.13. The molecule has 25 heavy (non-hydrogen) atoms. The van der Waals surface area contributed by atoms with Gasteiger partial charge in [0.2, 0.25) is 0 Å². The Labute approximate surface area is 155 Å².